The summed E-state index contributed by atoms with van der Waals surface area (Å²) in [7, 11) is 0. The van der Waals surface area contributed by atoms with Crippen molar-refractivity contribution in [3.8, 4) is 0 Å². The summed E-state index contributed by atoms with van der Waals surface area (Å²) >= 11 is 0. The molecule has 0 atom stereocenters. The van der Waals surface area contributed by atoms with E-state index in [1.165, 1.54) is 96.8 Å². The lowest BCUT2D eigenvalue weighted by atomic mass is 10.1. The Bertz CT molecular complexity index is 271. The lowest BCUT2D eigenvalue weighted by molar-refractivity contribution is -0.141. The molecule has 0 radical (unpaired) electrons. The van der Waals surface area contributed by atoms with Gasteiger partial charge in [0.2, 0.25) is 0 Å². The summed E-state index contributed by atoms with van der Waals surface area (Å²) in [5.74, 6) is -0.157. The number of hydrogen-bond donors (Lipinski definition) is 0. The van der Waals surface area contributed by atoms with Gasteiger partial charge in [0.25, 0.3) is 0 Å². The van der Waals surface area contributed by atoms with Gasteiger partial charge in [0.05, 0.1) is 6.61 Å². The quantitative estimate of drug-likeness (QED) is 0.164. The highest BCUT2D eigenvalue weighted by Gasteiger charge is 1.94. The van der Waals surface area contributed by atoms with Crippen molar-refractivity contribution in [3.05, 3.63) is 12.2 Å². The van der Waals surface area contributed by atoms with Crippen LogP contribution in [0.15, 0.2) is 12.2 Å². The first kappa shape index (κ1) is 22.2. The number of allylic oxidation sites excluding steroid dienone is 2. The second kappa shape index (κ2) is 19.3. The van der Waals surface area contributed by atoms with Gasteiger partial charge in [0.1, 0.15) is 0 Å². The van der Waals surface area contributed by atoms with Crippen LogP contribution < -0.4 is 0 Å². The van der Waals surface area contributed by atoms with E-state index in [0.29, 0.717) is 6.61 Å². The minimum Gasteiger partial charge on any atom is -0.466 e. The molecule has 0 aliphatic rings. The predicted octanol–water partition coefficient (Wildman–Crippen LogP) is 6.98. The average molecular weight is 325 g/mol. The van der Waals surface area contributed by atoms with Crippen molar-refractivity contribution in [2.75, 3.05) is 6.61 Å². The van der Waals surface area contributed by atoms with E-state index in [4.69, 9.17) is 4.74 Å². The molecule has 0 aromatic rings. The smallest absolute Gasteiger partial charge is 0.302 e. The second-order valence-corrected chi connectivity index (χ2v) is 6.63. The average Bonchev–Trinajstić information content (AvgIpc) is 2.53. The zero-order chi connectivity index (χ0) is 17.0. The fourth-order valence-electron chi connectivity index (χ4n) is 2.74. The third-order valence-electron chi connectivity index (χ3n) is 4.21. The van der Waals surface area contributed by atoms with Gasteiger partial charge in [-0.15, -0.1) is 0 Å². The van der Waals surface area contributed by atoms with Crippen molar-refractivity contribution in [2.45, 2.75) is 110 Å². The van der Waals surface area contributed by atoms with Gasteiger partial charge >= 0.3 is 5.97 Å². The molecule has 0 heterocycles. The first-order chi connectivity index (χ1) is 11.3. The first-order valence-corrected chi connectivity index (χ1v) is 10.1. The maximum atomic E-state index is 10.6. The molecule has 0 aromatic heterocycles. The number of hydrogen-bond acceptors (Lipinski definition) is 2. The van der Waals surface area contributed by atoms with E-state index in [-0.39, 0.29) is 5.97 Å². The maximum absolute atomic E-state index is 10.6. The molecule has 2 nitrogen and oxygen atoms in total. The SMILES string of the molecule is CCCCCCC/C=C\CCCCCCCCCCOC(C)=O. The molecule has 23 heavy (non-hydrogen) atoms. The summed E-state index contributed by atoms with van der Waals surface area (Å²) in [6, 6.07) is 0. The van der Waals surface area contributed by atoms with Crippen LogP contribution in [0.2, 0.25) is 0 Å². The van der Waals surface area contributed by atoms with Gasteiger partial charge in [-0.1, -0.05) is 83.3 Å². The molecule has 2 heteroatoms. The molecule has 0 bridgehead atoms. The van der Waals surface area contributed by atoms with Crippen LogP contribution in [0.5, 0.6) is 0 Å². The number of carbonyl (C=O) groups excluding carboxylic acids is 1. The van der Waals surface area contributed by atoms with E-state index in [2.05, 4.69) is 19.1 Å². The molecule has 0 N–H and O–H groups in total. The minimum atomic E-state index is -0.157. The summed E-state index contributed by atoms with van der Waals surface area (Å²) in [6.07, 6.45) is 24.5. The molecule has 0 amide bonds. The van der Waals surface area contributed by atoms with Crippen molar-refractivity contribution >= 4 is 5.97 Å². The van der Waals surface area contributed by atoms with Crippen LogP contribution in [-0.2, 0) is 9.53 Å². The van der Waals surface area contributed by atoms with Crippen LogP contribution in [0.3, 0.4) is 0 Å². The van der Waals surface area contributed by atoms with Crippen LogP contribution in [0, 0.1) is 0 Å². The van der Waals surface area contributed by atoms with Crippen molar-refractivity contribution in [1.82, 2.24) is 0 Å². The van der Waals surface area contributed by atoms with Gasteiger partial charge in [0, 0.05) is 6.92 Å². The zero-order valence-corrected chi connectivity index (χ0v) is 15.8. The Morgan fingerprint density at radius 1 is 0.696 bits per heavy atom. The number of rotatable bonds is 17. The molecular formula is C21H40O2. The Labute approximate surface area is 145 Å². The predicted molar refractivity (Wildman–Crippen MR) is 101 cm³/mol. The fraction of sp³-hybridized carbons (Fsp3) is 0.857. The van der Waals surface area contributed by atoms with E-state index in [0.717, 1.165) is 6.42 Å². The second-order valence-electron chi connectivity index (χ2n) is 6.63. The Morgan fingerprint density at radius 2 is 1.13 bits per heavy atom. The Kier molecular flexibility index (Phi) is 18.6. The molecule has 0 aromatic carbocycles. The molecular weight excluding hydrogens is 284 g/mol. The monoisotopic (exact) mass is 324 g/mol. The molecule has 136 valence electrons. The van der Waals surface area contributed by atoms with E-state index < -0.39 is 0 Å². The number of carbonyl (C=O) groups is 1. The van der Waals surface area contributed by atoms with Crippen LogP contribution >= 0.6 is 0 Å². The molecule has 0 rings (SSSR count). The Morgan fingerprint density at radius 3 is 1.61 bits per heavy atom. The third kappa shape index (κ3) is 21.2. The van der Waals surface area contributed by atoms with Gasteiger partial charge in [-0.05, 0) is 32.1 Å². The zero-order valence-electron chi connectivity index (χ0n) is 15.8. The Balaban J connectivity index is 3.06. The molecule has 0 aliphatic carbocycles. The molecule has 0 fully saturated rings. The molecule has 0 aliphatic heterocycles. The van der Waals surface area contributed by atoms with E-state index in [1.807, 2.05) is 0 Å². The van der Waals surface area contributed by atoms with Crippen molar-refractivity contribution in [3.63, 3.8) is 0 Å². The topological polar surface area (TPSA) is 26.3 Å². The fourth-order valence-corrected chi connectivity index (χ4v) is 2.74. The normalized spacial score (nSPS) is 11.2. The third-order valence-corrected chi connectivity index (χ3v) is 4.21. The van der Waals surface area contributed by atoms with Crippen LogP contribution in [0.25, 0.3) is 0 Å². The van der Waals surface area contributed by atoms with Crippen molar-refractivity contribution in [1.29, 1.82) is 0 Å². The standard InChI is InChI=1S/C21H40O2/c1-3-4-5-6-7-8-9-10-11-12-13-14-15-16-17-18-19-20-23-21(2)22/h9-10H,3-8,11-20H2,1-2H3/b10-9-. The number of unbranched alkanes of at least 4 members (excludes halogenated alkanes) is 13. The highest BCUT2D eigenvalue weighted by molar-refractivity contribution is 5.65. The minimum absolute atomic E-state index is 0.157. The lowest BCUT2D eigenvalue weighted by Crippen LogP contribution is -2.00. The molecule has 0 spiro atoms. The summed E-state index contributed by atoms with van der Waals surface area (Å²) in [6.45, 7) is 4.34. The van der Waals surface area contributed by atoms with Gasteiger partial charge in [-0.3, -0.25) is 4.79 Å². The summed E-state index contributed by atoms with van der Waals surface area (Å²) in [5.41, 5.74) is 0. The van der Waals surface area contributed by atoms with Crippen LogP contribution in [-0.4, -0.2) is 12.6 Å². The Hall–Kier alpha value is -0.790. The number of esters is 1. The summed E-state index contributed by atoms with van der Waals surface area (Å²) in [4.78, 5) is 10.6. The lowest BCUT2D eigenvalue weighted by Gasteiger charge is -2.02. The molecule has 0 unspecified atom stereocenters. The maximum Gasteiger partial charge on any atom is 0.302 e. The van der Waals surface area contributed by atoms with Crippen molar-refractivity contribution in [2.24, 2.45) is 0 Å². The van der Waals surface area contributed by atoms with Gasteiger partial charge < -0.3 is 4.74 Å². The first-order valence-electron chi connectivity index (χ1n) is 10.1. The van der Waals surface area contributed by atoms with E-state index in [9.17, 15) is 4.79 Å². The summed E-state index contributed by atoms with van der Waals surface area (Å²) in [5, 5.41) is 0. The number of ether oxygens (including phenoxy) is 1. The highest BCUT2D eigenvalue weighted by Crippen LogP contribution is 2.11. The van der Waals surface area contributed by atoms with E-state index >= 15 is 0 Å². The highest BCUT2D eigenvalue weighted by atomic mass is 16.5. The summed E-state index contributed by atoms with van der Waals surface area (Å²) < 4.78 is 4.92. The molecule has 0 saturated heterocycles. The van der Waals surface area contributed by atoms with Crippen LogP contribution in [0.4, 0.5) is 0 Å². The van der Waals surface area contributed by atoms with Gasteiger partial charge in [-0.25, -0.2) is 0 Å². The molecule has 0 saturated carbocycles. The van der Waals surface area contributed by atoms with Crippen LogP contribution in [0.1, 0.15) is 110 Å². The van der Waals surface area contributed by atoms with E-state index in [1.54, 1.807) is 0 Å². The van der Waals surface area contributed by atoms with Crippen molar-refractivity contribution < 1.29 is 9.53 Å². The largest absolute Gasteiger partial charge is 0.466 e. The van der Waals surface area contributed by atoms with Gasteiger partial charge in [0.15, 0.2) is 0 Å². The van der Waals surface area contributed by atoms with Gasteiger partial charge in [-0.2, -0.15) is 0 Å².